The highest BCUT2D eigenvalue weighted by Gasteiger charge is 2.32. The first-order chi connectivity index (χ1) is 12.2. The molecule has 2 heterocycles. The van der Waals surface area contributed by atoms with E-state index in [1.54, 1.807) is 0 Å². The van der Waals surface area contributed by atoms with Crippen LogP contribution in [-0.2, 0) is 22.7 Å². The van der Waals surface area contributed by atoms with E-state index in [1.807, 2.05) is 0 Å². The maximum Gasteiger partial charge on any atom is 0.416 e. The molecule has 0 radical (unpaired) electrons. The molecule has 3 rings (SSSR count). The minimum absolute atomic E-state index is 0.163. The summed E-state index contributed by atoms with van der Waals surface area (Å²) in [6.45, 7) is -0.367. The SMILES string of the molecule is O=S(=O)(NCCO)c1ccc(-c2cc(C(F)(F)F)cc3c2C=NC3)cn1. The Bertz CT molecular complexity index is 955. The number of halogens is 3. The zero-order chi connectivity index (χ0) is 18.9. The standard InChI is InChI=1S/C16H14F3N3O3S/c17-16(18,19)12-5-11-7-20-9-14(11)13(6-12)10-1-2-15(21-8-10)26(24,25)22-3-4-23/h1-2,5-6,8-9,22-23H,3-4,7H2. The zero-order valence-electron chi connectivity index (χ0n) is 13.3. The molecule has 0 bridgehead atoms. The number of aliphatic imine (C=N–C) groups is 1. The van der Waals surface area contributed by atoms with E-state index in [2.05, 4.69) is 14.7 Å². The average Bonchev–Trinajstić information content (AvgIpc) is 3.07. The Morgan fingerprint density at radius 3 is 2.62 bits per heavy atom. The number of hydrogen-bond donors (Lipinski definition) is 2. The minimum Gasteiger partial charge on any atom is -0.395 e. The van der Waals surface area contributed by atoms with Gasteiger partial charge in [0.2, 0.25) is 0 Å². The van der Waals surface area contributed by atoms with Crippen molar-refractivity contribution in [2.75, 3.05) is 13.2 Å². The molecule has 6 nitrogen and oxygen atoms in total. The zero-order valence-corrected chi connectivity index (χ0v) is 14.1. The van der Waals surface area contributed by atoms with E-state index in [9.17, 15) is 21.6 Å². The minimum atomic E-state index is -4.50. The van der Waals surface area contributed by atoms with Crippen molar-refractivity contribution in [1.82, 2.24) is 9.71 Å². The molecule has 1 aliphatic rings. The molecular weight excluding hydrogens is 371 g/mol. The highest BCUT2D eigenvalue weighted by atomic mass is 32.2. The summed E-state index contributed by atoms with van der Waals surface area (Å²) in [5.41, 5.74) is 0.862. The maximum absolute atomic E-state index is 13.1. The fourth-order valence-corrected chi connectivity index (χ4v) is 3.53. The van der Waals surface area contributed by atoms with Crippen LogP contribution in [0.4, 0.5) is 13.2 Å². The Morgan fingerprint density at radius 2 is 2.00 bits per heavy atom. The number of rotatable bonds is 5. The van der Waals surface area contributed by atoms with Crippen molar-refractivity contribution in [1.29, 1.82) is 0 Å². The van der Waals surface area contributed by atoms with Gasteiger partial charge in [-0.2, -0.15) is 13.2 Å². The summed E-state index contributed by atoms with van der Waals surface area (Å²) in [6, 6.07) is 4.67. The van der Waals surface area contributed by atoms with Crippen LogP contribution in [0.3, 0.4) is 0 Å². The second-order valence-electron chi connectivity index (χ2n) is 5.57. The molecule has 0 fully saturated rings. The van der Waals surface area contributed by atoms with E-state index in [0.717, 1.165) is 12.1 Å². The number of hydrogen-bond acceptors (Lipinski definition) is 5. The second kappa shape index (κ2) is 6.78. The van der Waals surface area contributed by atoms with E-state index < -0.39 is 21.8 Å². The van der Waals surface area contributed by atoms with Crippen LogP contribution in [0.1, 0.15) is 16.7 Å². The number of aliphatic hydroxyl groups is 1. The Balaban J connectivity index is 2.02. The predicted octanol–water partition coefficient (Wildman–Crippen LogP) is 1.97. The molecule has 0 unspecified atom stereocenters. The lowest BCUT2D eigenvalue weighted by Crippen LogP contribution is -2.27. The van der Waals surface area contributed by atoms with Gasteiger partial charge in [0.05, 0.1) is 18.7 Å². The first kappa shape index (κ1) is 18.5. The number of aliphatic hydroxyl groups excluding tert-OH is 1. The number of nitrogens with zero attached hydrogens (tertiary/aromatic N) is 2. The van der Waals surface area contributed by atoms with Crippen molar-refractivity contribution in [3.8, 4) is 11.1 Å². The van der Waals surface area contributed by atoms with Crippen molar-refractivity contribution < 1.29 is 26.7 Å². The number of alkyl halides is 3. The summed E-state index contributed by atoms with van der Waals surface area (Å²) >= 11 is 0. The van der Waals surface area contributed by atoms with Crippen LogP contribution in [0, 0.1) is 0 Å². The van der Waals surface area contributed by atoms with E-state index >= 15 is 0 Å². The van der Waals surface area contributed by atoms with Gasteiger partial charge >= 0.3 is 6.18 Å². The van der Waals surface area contributed by atoms with Crippen LogP contribution < -0.4 is 4.72 Å². The second-order valence-corrected chi connectivity index (χ2v) is 7.28. The highest BCUT2D eigenvalue weighted by Crippen LogP contribution is 2.37. The quantitative estimate of drug-likeness (QED) is 0.823. The number of benzene rings is 1. The van der Waals surface area contributed by atoms with E-state index in [4.69, 9.17) is 5.11 Å². The lowest BCUT2D eigenvalue weighted by atomic mass is 9.95. The summed E-state index contributed by atoms with van der Waals surface area (Å²) in [6.07, 6.45) is -1.80. The van der Waals surface area contributed by atoms with Gasteiger partial charge in [-0.1, -0.05) is 0 Å². The Hall–Kier alpha value is -2.30. The van der Waals surface area contributed by atoms with Crippen molar-refractivity contribution in [3.05, 3.63) is 47.2 Å². The van der Waals surface area contributed by atoms with E-state index in [0.29, 0.717) is 16.7 Å². The molecule has 0 aliphatic carbocycles. The van der Waals surface area contributed by atoms with Crippen LogP contribution in [0.5, 0.6) is 0 Å². The highest BCUT2D eigenvalue weighted by molar-refractivity contribution is 7.89. The fraction of sp³-hybridized carbons (Fsp3) is 0.250. The summed E-state index contributed by atoms with van der Waals surface area (Å²) in [5.74, 6) is 0. The van der Waals surface area contributed by atoms with Gasteiger partial charge in [0, 0.05) is 30.1 Å². The monoisotopic (exact) mass is 385 g/mol. The number of fused-ring (bicyclic) bond motifs is 1. The van der Waals surface area contributed by atoms with Gasteiger partial charge in [-0.15, -0.1) is 0 Å². The predicted molar refractivity (Wildman–Crippen MR) is 88.2 cm³/mol. The molecule has 0 amide bonds. The van der Waals surface area contributed by atoms with Crippen molar-refractivity contribution in [2.45, 2.75) is 17.7 Å². The molecule has 0 atom stereocenters. The molecule has 10 heteroatoms. The van der Waals surface area contributed by atoms with Gasteiger partial charge in [0.15, 0.2) is 5.03 Å². The molecule has 1 aromatic carbocycles. The molecule has 1 aliphatic heterocycles. The molecule has 138 valence electrons. The van der Waals surface area contributed by atoms with Gasteiger partial charge in [-0.05, 0) is 35.4 Å². The number of pyridine rings is 1. The fourth-order valence-electron chi connectivity index (χ4n) is 2.59. The van der Waals surface area contributed by atoms with Gasteiger partial charge in [-0.25, -0.2) is 18.1 Å². The molecular formula is C16H14F3N3O3S. The van der Waals surface area contributed by atoms with Gasteiger partial charge in [-0.3, -0.25) is 4.99 Å². The van der Waals surface area contributed by atoms with Crippen molar-refractivity contribution >= 4 is 16.2 Å². The lowest BCUT2D eigenvalue weighted by molar-refractivity contribution is -0.137. The largest absolute Gasteiger partial charge is 0.416 e. The van der Waals surface area contributed by atoms with Crippen LogP contribution in [0.25, 0.3) is 11.1 Å². The normalized spacial score (nSPS) is 13.8. The van der Waals surface area contributed by atoms with Gasteiger partial charge < -0.3 is 5.11 Å². The van der Waals surface area contributed by atoms with E-state index in [-0.39, 0.29) is 30.3 Å². The Morgan fingerprint density at radius 1 is 1.23 bits per heavy atom. The van der Waals surface area contributed by atoms with Crippen LogP contribution >= 0.6 is 0 Å². The third kappa shape index (κ3) is 3.62. The third-order valence-electron chi connectivity index (χ3n) is 3.80. The topological polar surface area (TPSA) is 91.7 Å². The number of aromatic nitrogens is 1. The van der Waals surface area contributed by atoms with Crippen LogP contribution in [0.2, 0.25) is 0 Å². The summed E-state index contributed by atoms with van der Waals surface area (Å²) in [7, 11) is -3.89. The van der Waals surface area contributed by atoms with Gasteiger partial charge in [0.25, 0.3) is 10.0 Å². The Kier molecular flexibility index (Phi) is 4.82. The molecule has 1 aromatic heterocycles. The molecule has 0 saturated heterocycles. The summed E-state index contributed by atoms with van der Waals surface area (Å²) in [5, 5.41) is 8.41. The molecule has 2 N–H and O–H groups in total. The van der Waals surface area contributed by atoms with Crippen LogP contribution in [-0.4, -0.2) is 37.9 Å². The maximum atomic E-state index is 13.1. The van der Waals surface area contributed by atoms with Crippen LogP contribution in [0.15, 0.2) is 40.5 Å². The molecule has 0 saturated carbocycles. The molecule has 2 aromatic rings. The third-order valence-corrected chi connectivity index (χ3v) is 5.18. The summed E-state index contributed by atoms with van der Waals surface area (Å²) in [4.78, 5) is 7.85. The smallest absolute Gasteiger partial charge is 0.395 e. The van der Waals surface area contributed by atoms with Crippen molar-refractivity contribution in [3.63, 3.8) is 0 Å². The van der Waals surface area contributed by atoms with Gasteiger partial charge in [0.1, 0.15) is 0 Å². The number of sulfonamides is 1. The lowest BCUT2D eigenvalue weighted by Gasteiger charge is -2.13. The Labute approximate surface area is 147 Å². The summed E-state index contributed by atoms with van der Waals surface area (Å²) < 4.78 is 65.4. The first-order valence-corrected chi connectivity index (χ1v) is 9.01. The molecule has 26 heavy (non-hydrogen) atoms. The average molecular weight is 385 g/mol. The van der Waals surface area contributed by atoms with Crippen molar-refractivity contribution in [2.24, 2.45) is 4.99 Å². The van der Waals surface area contributed by atoms with E-state index in [1.165, 1.54) is 24.5 Å². The first-order valence-electron chi connectivity index (χ1n) is 7.53. The molecule has 0 spiro atoms. The number of nitrogens with one attached hydrogen (secondary N) is 1.